The summed E-state index contributed by atoms with van der Waals surface area (Å²) in [7, 11) is 0. The lowest BCUT2D eigenvalue weighted by molar-refractivity contribution is -0.141. The molecule has 1 aliphatic heterocycles. The molecule has 7 nitrogen and oxygen atoms in total. The standard InChI is InChI=1S/C21H21F4N5O2/c1-20(32)5-7-29(8-6-20)19(31)16-10-17-15(11-26-16)18(28-30(17)12-21(23,24)25)27-14-4-2-3-13(22)9-14/h2-4,9-11,32H,5-8,12H2,1H3,(H,27,28). The summed E-state index contributed by atoms with van der Waals surface area (Å²) in [5.41, 5.74) is -0.482. The number of piperidine rings is 1. The fourth-order valence-electron chi connectivity index (χ4n) is 3.63. The molecular weight excluding hydrogens is 430 g/mol. The molecule has 2 aromatic heterocycles. The Morgan fingerprint density at radius 1 is 1.25 bits per heavy atom. The Morgan fingerprint density at radius 2 is 1.97 bits per heavy atom. The van der Waals surface area contributed by atoms with Crippen molar-refractivity contribution >= 4 is 28.3 Å². The van der Waals surface area contributed by atoms with E-state index >= 15 is 0 Å². The quantitative estimate of drug-likeness (QED) is 0.589. The van der Waals surface area contributed by atoms with Gasteiger partial charge < -0.3 is 15.3 Å². The van der Waals surface area contributed by atoms with Crippen LogP contribution in [0.25, 0.3) is 10.9 Å². The molecule has 0 aliphatic carbocycles. The molecule has 1 amide bonds. The molecule has 2 N–H and O–H groups in total. The highest BCUT2D eigenvalue weighted by atomic mass is 19.4. The molecule has 32 heavy (non-hydrogen) atoms. The van der Waals surface area contributed by atoms with Gasteiger partial charge in [-0.1, -0.05) is 6.07 Å². The third kappa shape index (κ3) is 4.82. The van der Waals surface area contributed by atoms with E-state index in [-0.39, 0.29) is 22.4 Å². The van der Waals surface area contributed by atoms with E-state index in [1.54, 1.807) is 13.0 Å². The first-order valence-electron chi connectivity index (χ1n) is 9.98. The van der Waals surface area contributed by atoms with Crippen LogP contribution in [0, 0.1) is 5.82 Å². The molecule has 11 heteroatoms. The van der Waals surface area contributed by atoms with Crippen LogP contribution in [0.2, 0.25) is 0 Å². The van der Waals surface area contributed by atoms with Crippen LogP contribution in [-0.4, -0.2) is 55.5 Å². The molecule has 0 bridgehead atoms. The van der Waals surface area contributed by atoms with Crippen molar-refractivity contribution < 1.29 is 27.5 Å². The molecule has 1 fully saturated rings. The summed E-state index contributed by atoms with van der Waals surface area (Å²) in [5.74, 6) is -0.877. The molecule has 0 radical (unpaired) electrons. The zero-order valence-electron chi connectivity index (χ0n) is 17.2. The summed E-state index contributed by atoms with van der Waals surface area (Å²) in [6, 6.07) is 6.71. The molecule has 3 aromatic rings. The van der Waals surface area contributed by atoms with Crippen LogP contribution in [0.3, 0.4) is 0 Å². The molecule has 0 atom stereocenters. The van der Waals surface area contributed by atoms with E-state index in [0.29, 0.717) is 31.6 Å². The molecule has 3 heterocycles. The van der Waals surface area contributed by atoms with Crippen molar-refractivity contribution in [2.75, 3.05) is 18.4 Å². The average molecular weight is 451 g/mol. The van der Waals surface area contributed by atoms with Crippen molar-refractivity contribution in [2.45, 2.75) is 38.1 Å². The maximum absolute atomic E-state index is 13.5. The van der Waals surface area contributed by atoms with Crippen molar-refractivity contribution in [1.29, 1.82) is 0 Å². The molecule has 0 saturated carbocycles. The summed E-state index contributed by atoms with van der Waals surface area (Å²) >= 11 is 0. The van der Waals surface area contributed by atoms with Crippen LogP contribution in [0.1, 0.15) is 30.3 Å². The number of likely N-dealkylation sites (tertiary alicyclic amines) is 1. The Morgan fingerprint density at radius 3 is 2.62 bits per heavy atom. The van der Waals surface area contributed by atoms with Gasteiger partial charge in [0.2, 0.25) is 0 Å². The largest absolute Gasteiger partial charge is 0.408 e. The highest BCUT2D eigenvalue weighted by Gasteiger charge is 2.32. The van der Waals surface area contributed by atoms with E-state index in [2.05, 4.69) is 15.4 Å². The summed E-state index contributed by atoms with van der Waals surface area (Å²) < 4.78 is 53.6. The molecule has 0 spiro atoms. The maximum Gasteiger partial charge on any atom is 0.408 e. The highest BCUT2D eigenvalue weighted by Crippen LogP contribution is 2.29. The molecule has 170 valence electrons. The van der Waals surface area contributed by atoms with Crippen LogP contribution >= 0.6 is 0 Å². The van der Waals surface area contributed by atoms with Gasteiger partial charge in [0.15, 0.2) is 5.82 Å². The van der Waals surface area contributed by atoms with Gasteiger partial charge in [0.25, 0.3) is 5.91 Å². The minimum atomic E-state index is -4.54. The first-order valence-corrected chi connectivity index (χ1v) is 9.98. The number of carbonyl (C=O) groups is 1. The van der Waals surface area contributed by atoms with E-state index in [9.17, 15) is 27.5 Å². The number of rotatable bonds is 4. The Kier molecular flexibility index (Phi) is 5.53. The number of benzene rings is 1. The van der Waals surface area contributed by atoms with Crippen LogP contribution in [0.4, 0.5) is 29.1 Å². The number of aromatic nitrogens is 3. The number of alkyl halides is 3. The van der Waals surface area contributed by atoms with Gasteiger partial charge >= 0.3 is 6.18 Å². The molecular formula is C21H21F4N5O2. The van der Waals surface area contributed by atoms with Crippen molar-refractivity contribution in [3.05, 3.63) is 48.0 Å². The van der Waals surface area contributed by atoms with Crippen LogP contribution in [0.15, 0.2) is 36.5 Å². The number of pyridine rings is 1. The summed E-state index contributed by atoms with van der Waals surface area (Å²) in [6.07, 6.45) is -2.46. The minimum Gasteiger partial charge on any atom is -0.390 e. The number of fused-ring (bicyclic) bond motifs is 1. The van der Waals surface area contributed by atoms with Gasteiger partial charge in [-0.25, -0.2) is 4.39 Å². The number of amides is 1. The van der Waals surface area contributed by atoms with Crippen LogP contribution in [-0.2, 0) is 6.54 Å². The third-order valence-electron chi connectivity index (χ3n) is 5.40. The normalized spacial score (nSPS) is 16.4. The van der Waals surface area contributed by atoms with Gasteiger partial charge in [0, 0.05) is 25.0 Å². The lowest BCUT2D eigenvalue weighted by Crippen LogP contribution is -2.45. The Balaban J connectivity index is 1.69. The zero-order valence-corrected chi connectivity index (χ0v) is 17.2. The Bertz CT molecular complexity index is 1150. The topological polar surface area (TPSA) is 83.3 Å². The van der Waals surface area contributed by atoms with Crippen molar-refractivity contribution in [3.63, 3.8) is 0 Å². The van der Waals surface area contributed by atoms with Gasteiger partial charge in [-0.3, -0.25) is 14.5 Å². The summed E-state index contributed by atoms with van der Waals surface area (Å²) in [4.78, 5) is 18.5. The van der Waals surface area contributed by atoms with E-state index in [1.807, 2.05) is 0 Å². The van der Waals surface area contributed by atoms with Gasteiger partial charge in [-0.05, 0) is 44.0 Å². The number of nitrogens with zero attached hydrogens (tertiary/aromatic N) is 4. The first kappa shape index (κ1) is 22.0. The number of nitrogens with one attached hydrogen (secondary N) is 1. The Hall–Kier alpha value is -3.21. The predicted octanol–water partition coefficient (Wildman–Crippen LogP) is 3.86. The third-order valence-corrected chi connectivity index (χ3v) is 5.40. The van der Waals surface area contributed by atoms with Crippen LogP contribution < -0.4 is 5.32 Å². The second-order valence-electron chi connectivity index (χ2n) is 8.13. The van der Waals surface area contributed by atoms with Gasteiger partial charge in [-0.2, -0.15) is 18.3 Å². The average Bonchev–Trinajstić information content (AvgIpc) is 3.02. The molecule has 1 aromatic carbocycles. The predicted molar refractivity (Wildman–Crippen MR) is 109 cm³/mol. The van der Waals surface area contributed by atoms with Crippen molar-refractivity contribution in [3.8, 4) is 0 Å². The van der Waals surface area contributed by atoms with Gasteiger partial charge in [0.05, 0.1) is 16.5 Å². The Labute approximate surface area is 180 Å². The fraction of sp³-hybridized carbons (Fsp3) is 0.381. The smallest absolute Gasteiger partial charge is 0.390 e. The van der Waals surface area contributed by atoms with Gasteiger partial charge in [-0.15, -0.1) is 0 Å². The maximum atomic E-state index is 13.5. The SMILES string of the molecule is CC1(O)CCN(C(=O)c2cc3c(cn2)c(Nc2cccc(F)c2)nn3CC(F)(F)F)CC1. The zero-order chi connectivity index (χ0) is 23.1. The minimum absolute atomic E-state index is 0.0142. The van der Waals surface area contributed by atoms with E-state index in [1.165, 1.54) is 35.4 Å². The number of halogens is 4. The van der Waals surface area contributed by atoms with Crippen molar-refractivity contribution in [2.24, 2.45) is 0 Å². The second kappa shape index (κ2) is 8.05. The summed E-state index contributed by atoms with van der Waals surface area (Å²) in [5, 5.41) is 17.1. The number of aliphatic hydroxyl groups is 1. The van der Waals surface area contributed by atoms with E-state index in [0.717, 1.165) is 4.68 Å². The van der Waals surface area contributed by atoms with Gasteiger partial charge in [0.1, 0.15) is 18.1 Å². The molecule has 1 aliphatic rings. The summed E-state index contributed by atoms with van der Waals surface area (Å²) in [6.45, 7) is 0.972. The first-order chi connectivity index (χ1) is 15.0. The number of hydrogen-bond acceptors (Lipinski definition) is 5. The number of carbonyl (C=O) groups excluding carboxylic acids is 1. The molecule has 4 rings (SSSR count). The number of hydrogen-bond donors (Lipinski definition) is 2. The van der Waals surface area contributed by atoms with E-state index in [4.69, 9.17) is 0 Å². The number of anilines is 2. The highest BCUT2D eigenvalue weighted by molar-refractivity contribution is 5.98. The van der Waals surface area contributed by atoms with E-state index < -0.39 is 30.0 Å². The lowest BCUT2D eigenvalue weighted by Gasteiger charge is -2.35. The molecule has 0 unspecified atom stereocenters. The molecule has 1 saturated heterocycles. The van der Waals surface area contributed by atoms with Crippen LogP contribution in [0.5, 0.6) is 0 Å². The lowest BCUT2D eigenvalue weighted by atomic mass is 9.94. The second-order valence-corrected chi connectivity index (χ2v) is 8.13. The monoisotopic (exact) mass is 451 g/mol. The fourth-order valence-corrected chi connectivity index (χ4v) is 3.63. The van der Waals surface area contributed by atoms with Crippen molar-refractivity contribution in [1.82, 2.24) is 19.7 Å².